The number of nitrogens with one attached hydrogen (secondary N) is 1. The number of hydrogen-bond acceptors (Lipinski definition) is 2. The highest BCUT2D eigenvalue weighted by atomic mass is 79.9. The molecule has 0 bridgehead atoms. The van der Waals surface area contributed by atoms with E-state index in [0.29, 0.717) is 5.92 Å². The summed E-state index contributed by atoms with van der Waals surface area (Å²) < 4.78 is 7.18. The van der Waals surface area contributed by atoms with E-state index in [9.17, 15) is 0 Å². The Hall–Kier alpha value is -1.32. The summed E-state index contributed by atoms with van der Waals surface area (Å²) in [5.41, 5.74) is 4.12. The molecule has 1 aliphatic rings. The van der Waals surface area contributed by atoms with Crippen LogP contribution in [0.5, 0.6) is 5.75 Å². The van der Waals surface area contributed by atoms with E-state index in [1.807, 2.05) is 6.07 Å². The molecule has 2 nitrogen and oxygen atoms in total. The minimum absolute atomic E-state index is 0.539. The van der Waals surface area contributed by atoms with Crippen molar-refractivity contribution in [2.75, 3.05) is 13.2 Å². The van der Waals surface area contributed by atoms with Crippen LogP contribution in [0, 0.1) is 0 Å². The van der Waals surface area contributed by atoms with Crippen molar-refractivity contribution in [2.45, 2.75) is 25.8 Å². The maximum Gasteiger partial charge on any atom is 0.123 e. The zero-order valence-electron chi connectivity index (χ0n) is 12.2. The highest BCUT2D eigenvalue weighted by Gasteiger charge is 2.26. The minimum atomic E-state index is 0.539. The van der Waals surface area contributed by atoms with E-state index >= 15 is 0 Å². The Morgan fingerprint density at radius 1 is 1.24 bits per heavy atom. The van der Waals surface area contributed by atoms with Crippen molar-refractivity contribution in [3.05, 3.63) is 63.6 Å². The van der Waals surface area contributed by atoms with Gasteiger partial charge in [0.1, 0.15) is 5.75 Å². The Bertz CT molecular complexity index is 626. The average molecular weight is 346 g/mol. The fourth-order valence-corrected chi connectivity index (χ4v) is 3.20. The van der Waals surface area contributed by atoms with E-state index < -0.39 is 0 Å². The smallest absolute Gasteiger partial charge is 0.123 e. The molecule has 0 spiro atoms. The van der Waals surface area contributed by atoms with Crippen molar-refractivity contribution in [3.8, 4) is 5.75 Å². The van der Waals surface area contributed by atoms with Gasteiger partial charge in [0.15, 0.2) is 0 Å². The van der Waals surface area contributed by atoms with E-state index in [2.05, 4.69) is 64.6 Å². The molecule has 0 heterocycles. The lowest BCUT2D eigenvalue weighted by Crippen LogP contribution is -2.23. The van der Waals surface area contributed by atoms with Gasteiger partial charge in [0.25, 0.3) is 0 Å². The van der Waals surface area contributed by atoms with Crippen LogP contribution >= 0.6 is 15.9 Å². The molecule has 0 aliphatic heterocycles. The first-order valence-electron chi connectivity index (χ1n) is 7.47. The van der Waals surface area contributed by atoms with E-state index in [1.165, 1.54) is 16.7 Å². The zero-order chi connectivity index (χ0) is 14.7. The van der Waals surface area contributed by atoms with Gasteiger partial charge in [-0.3, -0.25) is 0 Å². The zero-order valence-corrected chi connectivity index (χ0v) is 13.8. The summed E-state index contributed by atoms with van der Waals surface area (Å²) >= 11 is 3.53. The van der Waals surface area contributed by atoms with Gasteiger partial charge in [0.2, 0.25) is 0 Å². The van der Waals surface area contributed by atoms with Crippen molar-refractivity contribution in [2.24, 2.45) is 0 Å². The van der Waals surface area contributed by atoms with Gasteiger partial charge in [-0.05, 0) is 42.3 Å². The topological polar surface area (TPSA) is 21.3 Å². The van der Waals surface area contributed by atoms with Gasteiger partial charge in [-0.15, -0.1) is 0 Å². The molecular weight excluding hydrogens is 326 g/mol. The Morgan fingerprint density at radius 2 is 2.10 bits per heavy atom. The Balaban J connectivity index is 1.66. The molecule has 1 unspecified atom stereocenters. The molecule has 0 radical (unpaired) electrons. The van der Waals surface area contributed by atoms with Crippen LogP contribution in [0.2, 0.25) is 0 Å². The standard InChI is InChI=1S/C18H20BrNO/c1-2-20-11-14-10-16(19)7-8-18(14)21-12-15-9-13-5-3-4-6-17(13)15/h3-8,10,15,20H,2,9,11-12H2,1H3. The van der Waals surface area contributed by atoms with Crippen LogP contribution in [0.3, 0.4) is 0 Å². The number of hydrogen-bond donors (Lipinski definition) is 1. The van der Waals surface area contributed by atoms with Gasteiger partial charge in [-0.2, -0.15) is 0 Å². The van der Waals surface area contributed by atoms with Crippen molar-refractivity contribution in [1.82, 2.24) is 5.32 Å². The first kappa shape index (κ1) is 14.6. The monoisotopic (exact) mass is 345 g/mol. The van der Waals surface area contributed by atoms with Crippen LogP contribution in [-0.4, -0.2) is 13.2 Å². The lowest BCUT2D eigenvalue weighted by molar-refractivity contribution is 0.272. The molecule has 0 saturated heterocycles. The first-order valence-corrected chi connectivity index (χ1v) is 8.27. The van der Waals surface area contributed by atoms with Crippen molar-refractivity contribution < 1.29 is 4.74 Å². The lowest BCUT2D eigenvalue weighted by Gasteiger charge is -2.30. The second-order valence-electron chi connectivity index (χ2n) is 5.44. The minimum Gasteiger partial charge on any atom is -0.493 e. The van der Waals surface area contributed by atoms with Gasteiger partial charge in [-0.25, -0.2) is 0 Å². The van der Waals surface area contributed by atoms with E-state index in [0.717, 1.165) is 36.3 Å². The van der Waals surface area contributed by atoms with Crippen molar-refractivity contribution in [3.63, 3.8) is 0 Å². The SMILES string of the molecule is CCNCc1cc(Br)ccc1OCC1Cc2ccccc21. The summed E-state index contributed by atoms with van der Waals surface area (Å²) in [7, 11) is 0. The molecule has 0 amide bonds. The van der Waals surface area contributed by atoms with E-state index in [-0.39, 0.29) is 0 Å². The van der Waals surface area contributed by atoms with Gasteiger partial charge >= 0.3 is 0 Å². The summed E-state index contributed by atoms with van der Waals surface area (Å²) in [5.74, 6) is 1.53. The molecule has 110 valence electrons. The Kier molecular flexibility index (Phi) is 4.61. The number of fused-ring (bicyclic) bond motifs is 1. The molecule has 1 N–H and O–H groups in total. The summed E-state index contributed by atoms with van der Waals surface area (Å²) in [6, 6.07) is 14.9. The van der Waals surface area contributed by atoms with Crippen molar-refractivity contribution in [1.29, 1.82) is 0 Å². The third-order valence-electron chi connectivity index (χ3n) is 3.99. The summed E-state index contributed by atoms with van der Waals surface area (Å²) in [5, 5.41) is 3.36. The quantitative estimate of drug-likeness (QED) is 0.843. The second-order valence-corrected chi connectivity index (χ2v) is 6.36. The first-order chi connectivity index (χ1) is 10.3. The third kappa shape index (κ3) is 3.30. The molecule has 0 saturated carbocycles. The predicted molar refractivity (Wildman–Crippen MR) is 89.9 cm³/mol. The molecule has 2 aromatic rings. The molecule has 1 aliphatic carbocycles. The predicted octanol–water partition coefficient (Wildman–Crippen LogP) is 4.28. The fourth-order valence-electron chi connectivity index (χ4n) is 2.79. The number of benzene rings is 2. The van der Waals surface area contributed by atoms with Crippen LogP contribution in [-0.2, 0) is 13.0 Å². The van der Waals surface area contributed by atoms with Gasteiger partial charge < -0.3 is 10.1 Å². The number of ether oxygens (including phenoxy) is 1. The summed E-state index contributed by atoms with van der Waals surface area (Å²) in [6.45, 7) is 4.68. The Morgan fingerprint density at radius 3 is 2.90 bits per heavy atom. The molecule has 1 atom stereocenters. The average Bonchev–Trinajstić information content (AvgIpc) is 2.47. The third-order valence-corrected chi connectivity index (χ3v) is 4.48. The van der Waals surface area contributed by atoms with Gasteiger partial charge in [-0.1, -0.05) is 47.1 Å². The summed E-state index contributed by atoms with van der Waals surface area (Å²) in [4.78, 5) is 0. The van der Waals surface area contributed by atoms with Crippen LogP contribution in [0.1, 0.15) is 29.5 Å². The maximum atomic E-state index is 6.09. The van der Waals surface area contributed by atoms with Crippen LogP contribution in [0.15, 0.2) is 46.9 Å². The highest BCUT2D eigenvalue weighted by molar-refractivity contribution is 9.10. The maximum absolute atomic E-state index is 6.09. The van der Waals surface area contributed by atoms with Crippen LogP contribution in [0.25, 0.3) is 0 Å². The lowest BCUT2D eigenvalue weighted by atomic mass is 9.78. The second kappa shape index (κ2) is 6.63. The van der Waals surface area contributed by atoms with Crippen molar-refractivity contribution >= 4 is 15.9 Å². The molecule has 0 fully saturated rings. The largest absolute Gasteiger partial charge is 0.493 e. The molecule has 3 rings (SSSR count). The molecule has 3 heteroatoms. The van der Waals surface area contributed by atoms with E-state index in [1.54, 1.807) is 0 Å². The van der Waals surface area contributed by atoms with E-state index in [4.69, 9.17) is 4.74 Å². The number of rotatable bonds is 6. The van der Waals surface area contributed by atoms with Gasteiger partial charge in [0.05, 0.1) is 6.61 Å². The normalized spacial score (nSPS) is 16.2. The fraction of sp³-hybridized carbons (Fsp3) is 0.333. The van der Waals surface area contributed by atoms with Crippen LogP contribution < -0.4 is 10.1 Å². The molecule has 0 aromatic heterocycles. The molecular formula is C18H20BrNO. The number of halogens is 1. The van der Waals surface area contributed by atoms with Crippen LogP contribution in [0.4, 0.5) is 0 Å². The Labute approximate surface area is 134 Å². The molecule has 21 heavy (non-hydrogen) atoms. The summed E-state index contributed by atoms with van der Waals surface area (Å²) in [6.07, 6.45) is 1.13. The molecule has 2 aromatic carbocycles. The van der Waals surface area contributed by atoms with Gasteiger partial charge in [0, 0.05) is 22.5 Å². The highest BCUT2D eigenvalue weighted by Crippen LogP contribution is 2.35.